The van der Waals surface area contributed by atoms with Gasteiger partial charge in [0.05, 0.1) is 5.92 Å². The van der Waals surface area contributed by atoms with Crippen molar-refractivity contribution < 1.29 is 19.5 Å². The Hall–Kier alpha value is -2.57. The van der Waals surface area contributed by atoms with Crippen LogP contribution in [-0.4, -0.2) is 47.5 Å². The third-order valence-electron chi connectivity index (χ3n) is 4.68. The van der Waals surface area contributed by atoms with E-state index in [0.717, 1.165) is 5.56 Å². The number of carboxylic acid groups (broad SMARTS) is 1. The van der Waals surface area contributed by atoms with Gasteiger partial charge in [0.25, 0.3) is 0 Å². The SMILES string of the molecule is CN(Cc1ccccc1)C(=O)NCCC(=O)NC1CCC(C(=O)O)CC1. The zero-order valence-corrected chi connectivity index (χ0v) is 15.1. The predicted octanol–water partition coefficient (Wildman–Crippen LogP) is 1.98. The van der Waals surface area contributed by atoms with Crippen LogP contribution in [0.3, 0.4) is 0 Å². The van der Waals surface area contributed by atoms with Crippen molar-refractivity contribution in [3.63, 3.8) is 0 Å². The van der Waals surface area contributed by atoms with E-state index < -0.39 is 5.97 Å². The molecule has 0 unspecified atom stereocenters. The number of urea groups is 1. The van der Waals surface area contributed by atoms with Gasteiger partial charge >= 0.3 is 12.0 Å². The van der Waals surface area contributed by atoms with E-state index in [4.69, 9.17) is 5.11 Å². The number of carbonyl (C=O) groups is 3. The van der Waals surface area contributed by atoms with Crippen molar-refractivity contribution in [3.8, 4) is 0 Å². The van der Waals surface area contributed by atoms with Crippen LogP contribution in [0.15, 0.2) is 30.3 Å². The quantitative estimate of drug-likeness (QED) is 0.691. The first-order valence-electron chi connectivity index (χ1n) is 9.00. The Kier molecular flexibility index (Phi) is 7.44. The smallest absolute Gasteiger partial charge is 0.317 e. The summed E-state index contributed by atoms with van der Waals surface area (Å²) in [6.45, 7) is 0.778. The van der Waals surface area contributed by atoms with Crippen molar-refractivity contribution in [2.45, 2.75) is 44.7 Å². The number of rotatable bonds is 7. The Balaban J connectivity index is 1.62. The van der Waals surface area contributed by atoms with Crippen LogP contribution in [0, 0.1) is 5.92 Å². The Morgan fingerprint density at radius 3 is 2.38 bits per heavy atom. The second kappa shape index (κ2) is 9.79. The molecule has 7 heteroatoms. The molecule has 3 N–H and O–H groups in total. The lowest BCUT2D eigenvalue weighted by Crippen LogP contribution is -2.41. The molecule has 142 valence electrons. The van der Waals surface area contributed by atoms with Crippen molar-refractivity contribution in [1.29, 1.82) is 0 Å². The molecular weight excluding hydrogens is 334 g/mol. The first-order valence-corrected chi connectivity index (χ1v) is 9.00. The summed E-state index contributed by atoms with van der Waals surface area (Å²) in [5.41, 5.74) is 1.04. The highest BCUT2D eigenvalue weighted by Crippen LogP contribution is 2.24. The van der Waals surface area contributed by atoms with E-state index in [9.17, 15) is 14.4 Å². The van der Waals surface area contributed by atoms with Crippen LogP contribution in [0.2, 0.25) is 0 Å². The van der Waals surface area contributed by atoms with E-state index in [1.165, 1.54) is 0 Å². The molecule has 1 aromatic rings. The van der Waals surface area contributed by atoms with Gasteiger partial charge in [0.15, 0.2) is 0 Å². The average molecular weight is 361 g/mol. The number of benzene rings is 1. The first kappa shape index (κ1) is 19.8. The molecule has 0 heterocycles. The molecule has 1 aliphatic rings. The van der Waals surface area contributed by atoms with Gasteiger partial charge in [-0.2, -0.15) is 0 Å². The number of aliphatic carboxylic acids is 1. The second-order valence-corrected chi connectivity index (χ2v) is 6.78. The maximum absolute atomic E-state index is 12.0. The van der Waals surface area contributed by atoms with Crippen LogP contribution in [0.25, 0.3) is 0 Å². The van der Waals surface area contributed by atoms with E-state index >= 15 is 0 Å². The zero-order chi connectivity index (χ0) is 18.9. The standard InChI is InChI=1S/C19H27N3O4/c1-22(13-14-5-3-2-4-6-14)19(26)20-12-11-17(23)21-16-9-7-15(8-10-16)18(24)25/h2-6,15-16H,7-13H2,1H3,(H,20,26)(H,21,23)(H,24,25). The van der Waals surface area contributed by atoms with E-state index in [1.807, 2.05) is 30.3 Å². The van der Waals surface area contributed by atoms with Gasteiger partial charge in [0, 0.05) is 32.6 Å². The van der Waals surface area contributed by atoms with Crippen molar-refractivity contribution in [3.05, 3.63) is 35.9 Å². The van der Waals surface area contributed by atoms with Crippen LogP contribution < -0.4 is 10.6 Å². The van der Waals surface area contributed by atoms with Gasteiger partial charge in [-0.25, -0.2) is 4.79 Å². The highest BCUT2D eigenvalue weighted by Gasteiger charge is 2.26. The van der Waals surface area contributed by atoms with E-state index in [2.05, 4.69) is 10.6 Å². The fraction of sp³-hybridized carbons (Fsp3) is 0.526. The molecule has 0 aromatic heterocycles. The molecule has 2 rings (SSSR count). The number of carboxylic acids is 1. The Labute approximate surface area is 153 Å². The lowest BCUT2D eigenvalue weighted by Gasteiger charge is -2.26. The molecule has 1 fully saturated rings. The molecule has 3 amide bonds. The van der Waals surface area contributed by atoms with Gasteiger partial charge in [0.2, 0.25) is 5.91 Å². The minimum atomic E-state index is -0.753. The third-order valence-corrected chi connectivity index (χ3v) is 4.68. The molecule has 1 aromatic carbocycles. The number of carbonyl (C=O) groups excluding carboxylic acids is 2. The minimum Gasteiger partial charge on any atom is -0.481 e. The maximum atomic E-state index is 12.0. The van der Waals surface area contributed by atoms with Gasteiger partial charge in [-0.15, -0.1) is 0 Å². The predicted molar refractivity (Wildman–Crippen MR) is 97.4 cm³/mol. The van der Waals surface area contributed by atoms with Crippen LogP contribution >= 0.6 is 0 Å². The van der Waals surface area contributed by atoms with E-state index in [0.29, 0.717) is 32.2 Å². The van der Waals surface area contributed by atoms with Crippen molar-refractivity contribution in [1.82, 2.24) is 15.5 Å². The monoisotopic (exact) mass is 361 g/mol. The van der Waals surface area contributed by atoms with Gasteiger partial charge in [-0.3, -0.25) is 9.59 Å². The summed E-state index contributed by atoms with van der Waals surface area (Å²) in [5, 5.41) is 14.6. The maximum Gasteiger partial charge on any atom is 0.317 e. The lowest BCUT2D eigenvalue weighted by molar-refractivity contribution is -0.142. The summed E-state index contributed by atoms with van der Waals surface area (Å²) in [6.07, 6.45) is 2.79. The Morgan fingerprint density at radius 1 is 1.12 bits per heavy atom. The molecule has 1 saturated carbocycles. The van der Waals surface area contributed by atoms with Gasteiger partial charge in [-0.05, 0) is 31.2 Å². The lowest BCUT2D eigenvalue weighted by atomic mass is 9.86. The summed E-state index contributed by atoms with van der Waals surface area (Å²) in [5.74, 6) is -1.16. The number of hydrogen-bond donors (Lipinski definition) is 3. The summed E-state index contributed by atoms with van der Waals surface area (Å²) in [6, 6.07) is 9.51. The van der Waals surface area contributed by atoms with Gasteiger partial charge in [-0.1, -0.05) is 30.3 Å². The van der Waals surface area contributed by atoms with Crippen LogP contribution in [0.5, 0.6) is 0 Å². The molecule has 26 heavy (non-hydrogen) atoms. The number of nitrogens with one attached hydrogen (secondary N) is 2. The summed E-state index contributed by atoms with van der Waals surface area (Å²) in [7, 11) is 1.71. The van der Waals surface area contributed by atoms with Crippen molar-refractivity contribution >= 4 is 17.9 Å². The van der Waals surface area contributed by atoms with Crippen molar-refractivity contribution in [2.75, 3.05) is 13.6 Å². The Bertz CT molecular complexity index is 612. The molecular formula is C19H27N3O4. The molecule has 7 nitrogen and oxygen atoms in total. The first-order chi connectivity index (χ1) is 12.5. The van der Waals surface area contributed by atoms with Crippen LogP contribution in [-0.2, 0) is 16.1 Å². The number of nitrogens with zero attached hydrogens (tertiary/aromatic N) is 1. The fourth-order valence-electron chi connectivity index (χ4n) is 3.13. The second-order valence-electron chi connectivity index (χ2n) is 6.78. The highest BCUT2D eigenvalue weighted by molar-refractivity contribution is 5.78. The molecule has 0 bridgehead atoms. The zero-order valence-electron chi connectivity index (χ0n) is 15.1. The van der Waals surface area contributed by atoms with E-state index in [1.54, 1.807) is 11.9 Å². The van der Waals surface area contributed by atoms with E-state index in [-0.39, 0.29) is 36.9 Å². The molecule has 0 saturated heterocycles. The van der Waals surface area contributed by atoms with Crippen LogP contribution in [0.1, 0.15) is 37.7 Å². The summed E-state index contributed by atoms with van der Waals surface area (Å²) < 4.78 is 0. The third kappa shape index (κ3) is 6.38. The highest BCUT2D eigenvalue weighted by atomic mass is 16.4. The largest absolute Gasteiger partial charge is 0.481 e. The van der Waals surface area contributed by atoms with Gasteiger partial charge in [0.1, 0.15) is 0 Å². The minimum absolute atomic E-state index is 0.0366. The van der Waals surface area contributed by atoms with Crippen LogP contribution in [0.4, 0.5) is 4.79 Å². The molecule has 0 atom stereocenters. The normalized spacial score (nSPS) is 19.4. The summed E-state index contributed by atoms with van der Waals surface area (Å²) >= 11 is 0. The van der Waals surface area contributed by atoms with Gasteiger partial charge < -0.3 is 20.6 Å². The number of amides is 3. The average Bonchev–Trinajstić information content (AvgIpc) is 2.62. The molecule has 0 aliphatic heterocycles. The molecule has 0 spiro atoms. The Morgan fingerprint density at radius 2 is 1.77 bits per heavy atom. The topological polar surface area (TPSA) is 98.7 Å². The van der Waals surface area contributed by atoms with Crippen molar-refractivity contribution in [2.24, 2.45) is 5.92 Å². The number of hydrogen-bond acceptors (Lipinski definition) is 3. The summed E-state index contributed by atoms with van der Waals surface area (Å²) in [4.78, 5) is 36.5. The molecule has 0 radical (unpaired) electrons. The fourth-order valence-corrected chi connectivity index (χ4v) is 3.13. The molecule has 1 aliphatic carbocycles.